The third-order valence-electron chi connectivity index (χ3n) is 2.81. The number of hydrogen-bond donors (Lipinski definition) is 1. The zero-order chi connectivity index (χ0) is 15.4. The van der Waals surface area contributed by atoms with Crippen molar-refractivity contribution in [2.45, 2.75) is 18.7 Å². The highest BCUT2D eigenvalue weighted by Crippen LogP contribution is 2.35. The molecule has 0 unspecified atom stereocenters. The van der Waals surface area contributed by atoms with Crippen LogP contribution in [0.15, 0.2) is 41.3 Å². The van der Waals surface area contributed by atoms with Crippen molar-refractivity contribution in [1.82, 2.24) is 0 Å². The smallest absolute Gasteiger partial charge is 0.340 e. The molecule has 0 aliphatic carbocycles. The van der Waals surface area contributed by atoms with E-state index in [9.17, 15) is 9.90 Å². The number of ether oxygens (including phenoxy) is 1. The fraction of sp³-hybridized carbons (Fsp3) is 0.188. The van der Waals surface area contributed by atoms with E-state index >= 15 is 0 Å². The van der Waals surface area contributed by atoms with Gasteiger partial charge in [0.05, 0.1) is 5.02 Å². The third kappa shape index (κ3) is 3.71. The maximum absolute atomic E-state index is 11.5. The minimum atomic E-state index is -1.01. The molecule has 2 rings (SSSR count). The predicted octanol–water partition coefficient (Wildman–Crippen LogP) is 5.25. The summed E-state index contributed by atoms with van der Waals surface area (Å²) in [5.41, 5.74) is 1.16. The molecule has 0 bridgehead atoms. The van der Waals surface area contributed by atoms with E-state index in [4.69, 9.17) is 16.3 Å². The molecule has 0 saturated heterocycles. The first-order valence-electron chi connectivity index (χ1n) is 6.46. The second-order valence-corrected chi connectivity index (χ2v) is 6.12. The van der Waals surface area contributed by atoms with Crippen LogP contribution in [0.25, 0.3) is 0 Å². The molecule has 0 spiro atoms. The molecule has 21 heavy (non-hydrogen) atoms. The fourth-order valence-electron chi connectivity index (χ4n) is 1.89. The van der Waals surface area contributed by atoms with Gasteiger partial charge < -0.3 is 9.84 Å². The number of aromatic carboxylic acids is 1. The standard InChI is InChI=1S/C16H15ClO3S/c1-3-21-14-6-4-5-12(15(14)16(18)19)20-13-9-10(2)7-8-11(13)17/h4-9H,3H2,1-2H3,(H,18,19). The summed E-state index contributed by atoms with van der Waals surface area (Å²) in [6, 6.07) is 10.6. The van der Waals surface area contributed by atoms with Crippen molar-refractivity contribution >= 4 is 29.3 Å². The summed E-state index contributed by atoms with van der Waals surface area (Å²) in [5, 5.41) is 9.90. The van der Waals surface area contributed by atoms with Gasteiger partial charge in [-0.2, -0.15) is 0 Å². The van der Waals surface area contributed by atoms with Crippen LogP contribution in [-0.2, 0) is 0 Å². The number of carbonyl (C=O) groups is 1. The lowest BCUT2D eigenvalue weighted by molar-refractivity contribution is 0.0690. The highest BCUT2D eigenvalue weighted by atomic mass is 35.5. The minimum Gasteiger partial charge on any atom is -0.478 e. The molecule has 0 atom stereocenters. The van der Waals surface area contributed by atoms with Crippen molar-refractivity contribution in [1.29, 1.82) is 0 Å². The molecule has 0 heterocycles. The Labute approximate surface area is 132 Å². The van der Waals surface area contributed by atoms with E-state index < -0.39 is 5.97 Å². The second kappa shape index (κ2) is 6.87. The van der Waals surface area contributed by atoms with Gasteiger partial charge in [-0.25, -0.2) is 4.79 Å². The molecule has 2 aromatic rings. The summed E-state index contributed by atoms with van der Waals surface area (Å²) >= 11 is 7.57. The van der Waals surface area contributed by atoms with Crippen LogP contribution in [-0.4, -0.2) is 16.8 Å². The lowest BCUT2D eigenvalue weighted by Gasteiger charge is -2.13. The Morgan fingerprint density at radius 3 is 2.71 bits per heavy atom. The van der Waals surface area contributed by atoms with E-state index in [1.54, 1.807) is 30.3 Å². The van der Waals surface area contributed by atoms with E-state index in [1.165, 1.54) is 11.8 Å². The Morgan fingerprint density at radius 2 is 2.05 bits per heavy atom. The summed E-state index contributed by atoms with van der Waals surface area (Å²) in [6.45, 7) is 3.89. The first-order valence-corrected chi connectivity index (χ1v) is 7.82. The number of benzene rings is 2. The second-order valence-electron chi connectivity index (χ2n) is 4.40. The highest BCUT2D eigenvalue weighted by Gasteiger charge is 2.18. The summed E-state index contributed by atoms with van der Waals surface area (Å²) in [6.07, 6.45) is 0. The molecule has 0 radical (unpaired) electrons. The van der Waals surface area contributed by atoms with E-state index in [1.807, 2.05) is 19.9 Å². The quantitative estimate of drug-likeness (QED) is 0.763. The average molecular weight is 323 g/mol. The lowest BCUT2D eigenvalue weighted by Crippen LogP contribution is -2.02. The van der Waals surface area contributed by atoms with Crippen molar-refractivity contribution in [3.05, 3.63) is 52.5 Å². The number of rotatable bonds is 5. The van der Waals surface area contributed by atoms with E-state index in [0.29, 0.717) is 21.4 Å². The fourth-order valence-corrected chi connectivity index (χ4v) is 2.86. The number of carboxylic acids is 1. The number of carboxylic acid groups (broad SMARTS) is 1. The highest BCUT2D eigenvalue weighted by molar-refractivity contribution is 7.99. The zero-order valence-electron chi connectivity index (χ0n) is 11.7. The van der Waals surface area contributed by atoms with Crippen LogP contribution in [0.4, 0.5) is 0 Å². The van der Waals surface area contributed by atoms with Crippen LogP contribution < -0.4 is 4.74 Å². The molecule has 3 nitrogen and oxygen atoms in total. The normalized spacial score (nSPS) is 10.4. The van der Waals surface area contributed by atoms with Gasteiger partial charge in [0.2, 0.25) is 0 Å². The maximum Gasteiger partial charge on any atom is 0.340 e. The van der Waals surface area contributed by atoms with Gasteiger partial charge in [-0.1, -0.05) is 30.7 Å². The molecule has 110 valence electrons. The van der Waals surface area contributed by atoms with Crippen LogP contribution in [0, 0.1) is 6.92 Å². The molecule has 0 aliphatic rings. The average Bonchev–Trinajstić information content (AvgIpc) is 2.43. The molecular formula is C16H15ClO3S. The van der Waals surface area contributed by atoms with Crippen LogP contribution >= 0.6 is 23.4 Å². The number of halogens is 1. The molecule has 1 N–H and O–H groups in total. The lowest BCUT2D eigenvalue weighted by atomic mass is 10.2. The van der Waals surface area contributed by atoms with E-state index in [0.717, 1.165) is 11.3 Å². The largest absolute Gasteiger partial charge is 0.478 e. The summed E-state index contributed by atoms with van der Waals surface area (Å²) in [7, 11) is 0. The van der Waals surface area contributed by atoms with Crippen molar-refractivity contribution in [3.8, 4) is 11.5 Å². The molecule has 0 aliphatic heterocycles. The van der Waals surface area contributed by atoms with Crippen LogP contribution in [0.2, 0.25) is 5.02 Å². The van der Waals surface area contributed by atoms with Crippen LogP contribution in [0.5, 0.6) is 11.5 Å². The van der Waals surface area contributed by atoms with Crippen LogP contribution in [0.3, 0.4) is 0 Å². The molecule has 0 aromatic heterocycles. The Morgan fingerprint density at radius 1 is 1.29 bits per heavy atom. The summed E-state index contributed by atoms with van der Waals surface area (Å²) in [5.74, 6) is 0.533. The summed E-state index contributed by atoms with van der Waals surface area (Å²) in [4.78, 5) is 12.2. The molecule has 2 aromatic carbocycles. The number of hydrogen-bond acceptors (Lipinski definition) is 3. The van der Waals surface area contributed by atoms with Crippen molar-refractivity contribution in [3.63, 3.8) is 0 Å². The van der Waals surface area contributed by atoms with Gasteiger partial charge in [-0.15, -0.1) is 11.8 Å². The first kappa shape index (κ1) is 15.7. The van der Waals surface area contributed by atoms with Gasteiger partial charge in [0, 0.05) is 4.90 Å². The third-order valence-corrected chi connectivity index (χ3v) is 4.06. The Hall–Kier alpha value is -1.65. The number of thioether (sulfide) groups is 1. The van der Waals surface area contributed by atoms with Gasteiger partial charge in [0.1, 0.15) is 17.1 Å². The van der Waals surface area contributed by atoms with Gasteiger partial charge in [-0.3, -0.25) is 0 Å². The van der Waals surface area contributed by atoms with Crippen LogP contribution in [0.1, 0.15) is 22.8 Å². The predicted molar refractivity (Wildman–Crippen MR) is 86.1 cm³/mol. The number of aryl methyl sites for hydroxylation is 1. The van der Waals surface area contributed by atoms with Crippen molar-refractivity contribution < 1.29 is 14.6 Å². The van der Waals surface area contributed by atoms with E-state index in [-0.39, 0.29) is 5.56 Å². The topological polar surface area (TPSA) is 46.5 Å². The van der Waals surface area contributed by atoms with E-state index in [2.05, 4.69) is 0 Å². The first-order chi connectivity index (χ1) is 10.0. The van der Waals surface area contributed by atoms with Gasteiger partial charge in [0.25, 0.3) is 0 Å². The Bertz CT molecular complexity index is 671. The summed E-state index contributed by atoms with van der Waals surface area (Å²) < 4.78 is 5.74. The molecule has 5 heteroatoms. The molecule has 0 saturated carbocycles. The Balaban J connectivity index is 2.46. The SMILES string of the molecule is CCSc1cccc(Oc2cc(C)ccc2Cl)c1C(=O)O. The molecular weight excluding hydrogens is 308 g/mol. The van der Waals surface area contributed by atoms with Gasteiger partial charge >= 0.3 is 5.97 Å². The van der Waals surface area contributed by atoms with Crippen molar-refractivity contribution in [2.75, 3.05) is 5.75 Å². The zero-order valence-corrected chi connectivity index (χ0v) is 13.3. The maximum atomic E-state index is 11.5. The Kier molecular flexibility index (Phi) is 5.15. The van der Waals surface area contributed by atoms with Crippen molar-refractivity contribution in [2.24, 2.45) is 0 Å². The monoisotopic (exact) mass is 322 g/mol. The van der Waals surface area contributed by atoms with Gasteiger partial charge in [-0.05, 0) is 42.5 Å². The van der Waals surface area contributed by atoms with Gasteiger partial charge in [0.15, 0.2) is 0 Å². The minimum absolute atomic E-state index is 0.168. The molecule has 0 amide bonds. The molecule has 0 fully saturated rings.